The number of ether oxygens (including phenoxy) is 3. The van der Waals surface area contributed by atoms with Gasteiger partial charge in [-0.2, -0.15) is 0 Å². The number of hydrogen-bond acceptors (Lipinski definition) is 9. The summed E-state index contributed by atoms with van der Waals surface area (Å²) in [6.45, 7) is 6.67. The number of nitrogens with zero attached hydrogens (tertiary/aromatic N) is 4. The maximum absolute atomic E-state index is 6.49. The van der Waals surface area contributed by atoms with E-state index in [4.69, 9.17) is 19.9 Å². The molecule has 3 aromatic rings. The van der Waals surface area contributed by atoms with Gasteiger partial charge >= 0.3 is 0 Å². The van der Waals surface area contributed by atoms with E-state index in [2.05, 4.69) is 37.2 Å². The van der Waals surface area contributed by atoms with Gasteiger partial charge in [0.05, 0.1) is 12.8 Å². The first-order valence-corrected chi connectivity index (χ1v) is 11.0. The number of anilines is 4. The van der Waals surface area contributed by atoms with Crippen LogP contribution in [0.3, 0.4) is 0 Å². The molecule has 0 spiro atoms. The summed E-state index contributed by atoms with van der Waals surface area (Å²) in [5.74, 6) is 3.70. The first-order valence-electron chi connectivity index (χ1n) is 11.0. The number of aryl methyl sites for hydroxylation is 1. The monoisotopic (exact) mass is 448 g/mol. The van der Waals surface area contributed by atoms with Crippen molar-refractivity contribution in [3.8, 4) is 17.2 Å². The van der Waals surface area contributed by atoms with Gasteiger partial charge in [-0.25, -0.2) is 9.97 Å². The van der Waals surface area contributed by atoms with Gasteiger partial charge in [0.25, 0.3) is 0 Å². The Labute approximate surface area is 193 Å². The van der Waals surface area contributed by atoms with Crippen LogP contribution in [-0.4, -0.2) is 54.9 Å². The highest BCUT2D eigenvalue weighted by atomic mass is 16.7. The van der Waals surface area contributed by atoms with Crippen LogP contribution < -0.4 is 30.2 Å². The molecule has 3 heterocycles. The van der Waals surface area contributed by atoms with E-state index in [1.54, 1.807) is 13.4 Å². The molecular weight excluding hydrogens is 420 g/mol. The van der Waals surface area contributed by atoms with Crippen LogP contribution >= 0.6 is 0 Å². The van der Waals surface area contributed by atoms with E-state index in [9.17, 15) is 0 Å². The summed E-state index contributed by atoms with van der Waals surface area (Å²) in [5, 5.41) is 3.31. The number of aromatic nitrogens is 2. The third-order valence-corrected chi connectivity index (χ3v) is 5.99. The minimum absolute atomic E-state index is 0.297. The van der Waals surface area contributed by atoms with Gasteiger partial charge < -0.3 is 30.2 Å². The lowest BCUT2D eigenvalue weighted by Gasteiger charge is -2.36. The van der Waals surface area contributed by atoms with E-state index in [0.29, 0.717) is 18.3 Å². The summed E-state index contributed by atoms with van der Waals surface area (Å²) < 4.78 is 16.4. The van der Waals surface area contributed by atoms with Crippen molar-refractivity contribution in [2.75, 3.05) is 56.0 Å². The molecule has 9 heteroatoms. The van der Waals surface area contributed by atoms with Gasteiger partial charge in [0.15, 0.2) is 23.1 Å². The third kappa shape index (κ3) is 4.45. The summed E-state index contributed by atoms with van der Waals surface area (Å²) in [5.41, 5.74) is 10.2. The second-order valence-electron chi connectivity index (χ2n) is 8.24. The number of fused-ring (bicyclic) bond motifs is 1. The van der Waals surface area contributed by atoms with E-state index >= 15 is 0 Å². The molecule has 0 unspecified atom stereocenters. The topological polar surface area (TPSA) is 98.0 Å². The summed E-state index contributed by atoms with van der Waals surface area (Å²) >= 11 is 0. The van der Waals surface area contributed by atoms with Gasteiger partial charge in [0.2, 0.25) is 6.79 Å². The fourth-order valence-corrected chi connectivity index (χ4v) is 4.20. The highest BCUT2D eigenvalue weighted by molar-refractivity contribution is 5.80. The Bertz CT molecular complexity index is 1150. The average molecular weight is 449 g/mol. The fraction of sp³-hybridized carbons (Fsp3) is 0.333. The smallest absolute Gasteiger partial charge is 0.231 e. The second-order valence-corrected chi connectivity index (χ2v) is 8.24. The molecule has 0 bridgehead atoms. The second kappa shape index (κ2) is 9.03. The zero-order chi connectivity index (χ0) is 22.8. The van der Waals surface area contributed by atoms with Crippen LogP contribution in [0.5, 0.6) is 17.2 Å². The highest BCUT2D eigenvalue weighted by Gasteiger charge is 2.22. The normalized spacial score (nSPS) is 15.5. The van der Waals surface area contributed by atoms with Crippen molar-refractivity contribution >= 4 is 23.0 Å². The number of hydrogen-bond donors (Lipinski definition) is 2. The molecule has 172 valence electrons. The van der Waals surface area contributed by atoms with Crippen molar-refractivity contribution in [1.29, 1.82) is 0 Å². The molecule has 33 heavy (non-hydrogen) atoms. The lowest BCUT2D eigenvalue weighted by molar-refractivity contribution is 0.174. The van der Waals surface area contributed by atoms with E-state index in [-0.39, 0.29) is 0 Å². The molecule has 0 saturated carbocycles. The van der Waals surface area contributed by atoms with Crippen LogP contribution in [0.1, 0.15) is 11.1 Å². The number of piperazine rings is 1. The van der Waals surface area contributed by atoms with Crippen LogP contribution in [0.2, 0.25) is 0 Å². The summed E-state index contributed by atoms with van der Waals surface area (Å²) in [6, 6.07) is 12.1. The number of nitrogens with two attached hydrogens (primary N) is 1. The summed E-state index contributed by atoms with van der Waals surface area (Å²) in [4.78, 5) is 13.5. The Balaban J connectivity index is 1.25. The maximum atomic E-state index is 6.49. The Kier molecular flexibility index (Phi) is 5.78. The zero-order valence-corrected chi connectivity index (χ0v) is 18.9. The van der Waals surface area contributed by atoms with E-state index in [1.165, 1.54) is 5.56 Å². The predicted octanol–water partition coefficient (Wildman–Crippen LogP) is 3.17. The molecule has 5 rings (SSSR count). The van der Waals surface area contributed by atoms with E-state index < -0.39 is 0 Å². The quantitative estimate of drug-likeness (QED) is 0.589. The van der Waals surface area contributed by atoms with Crippen molar-refractivity contribution < 1.29 is 14.2 Å². The number of methoxy groups -OCH3 is 1. The maximum Gasteiger partial charge on any atom is 0.231 e. The van der Waals surface area contributed by atoms with Crippen LogP contribution in [0.15, 0.2) is 42.7 Å². The number of nitrogens with one attached hydrogen (secondary N) is 1. The predicted molar refractivity (Wildman–Crippen MR) is 128 cm³/mol. The average Bonchev–Trinajstić information content (AvgIpc) is 3.29. The van der Waals surface area contributed by atoms with Gasteiger partial charge in [-0.1, -0.05) is 12.1 Å². The molecule has 9 nitrogen and oxygen atoms in total. The van der Waals surface area contributed by atoms with Crippen molar-refractivity contribution in [2.24, 2.45) is 0 Å². The zero-order valence-electron chi connectivity index (χ0n) is 18.9. The van der Waals surface area contributed by atoms with Crippen LogP contribution in [0.25, 0.3) is 0 Å². The van der Waals surface area contributed by atoms with Crippen LogP contribution in [-0.2, 0) is 6.54 Å². The minimum atomic E-state index is 0.297. The Morgan fingerprint density at radius 3 is 2.67 bits per heavy atom. The van der Waals surface area contributed by atoms with Crippen molar-refractivity contribution in [1.82, 2.24) is 14.9 Å². The number of nitrogen functional groups attached to an aromatic ring is 1. The van der Waals surface area contributed by atoms with Gasteiger partial charge in [-0.15, -0.1) is 0 Å². The lowest BCUT2D eigenvalue weighted by atomic mass is 10.1. The van der Waals surface area contributed by atoms with E-state index in [0.717, 1.165) is 67.0 Å². The Hall–Kier alpha value is -3.72. The minimum Gasteiger partial charge on any atom is -0.495 e. The highest BCUT2D eigenvalue weighted by Crippen LogP contribution is 2.34. The first kappa shape index (κ1) is 21.1. The van der Waals surface area contributed by atoms with Gasteiger partial charge in [-0.3, -0.25) is 4.90 Å². The van der Waals surface area contributed by atoms with Gasteiger partial charge in [0, 0.05) is 32.7 Å². The molecule has 2 aromatic carbocycles. The molecule has 0 atom stereocenters. The van der Waals surface area contributed by atoms with Crippen molar-refractivity contribution in [3.05, 3.63) is 53.9 Å². The van der Waals surface area contributed by atoms with Crippen molar-refractivity contribution in [2.45, 2.75) is 13.5 Å². The third-order valence-electron chi connectivity index (χ3n) is 5.99. The largest absolute Gasteiger partial charge is 0.495 e. The number of benzene rings is 2. The van der Waals surface area contributed by atoms with Crippen molar-refractivity contribution in [3.63, 3.8) is 0 Å². The summed E-state index contributed by atoms with van der Waals surface area (Å²) in [7, 11) is 1.65. The first-order chi connectivity index (χ1) is 16.1. The van der Waals surface area contributed by atoms with Gasteiger partial charge in [0.1, 0.15) is 17.8 Å². The molecule has 3 N–H and O–H groups in total. The summed E-state index contributed by atoms with van der Waals surface area (Å²) in [6.07, 6.45) is 1.55. The standard InChI is InChI=1S/C24H28N6O3/c1-16-3-5-19(31-2)18(11-16)28-23-22(25)24(27-14-26-23)30-9-7-29(8-10-30)13-17-4-6-20-21(12-17)33-15-32-20/h3-6,11-12,14H,7-10,13,15,25H2,1-2H3,(H,26,27,28). The lowest BCUT2D eigenvalue weighted by Crippen LogP contribution is -2.46. The van der Waals surface area contributed by atoms with Crippen LogP contribution in [0, 0.1) is 6.92 Å². The molecule has 1 aromatic heterocycles. The molecule has 2 aliphatic rings. The molecule has 0 aliphatic carbocycles. The molecule has 0 radical (unpaired) electrons. The molecule has 1 fully saturated rings. The van der Waals surface area contributed by atoms with Crippen LogP contribution in [0.4, 0.5) is 23.0 Å². The van der Waals surface area contributed by atoms with E-state index in [1.807, 2.05) is 31.2 Å². The SMILES string of the molecule is COc1ccc(C)cc1Nc1ncnc(N2CCN(Cc3ccc4c(c3)OCO4)CC2)c1N. The molecule has 2 aliphatic heterocycles. The molecule has 1 saturated heterocycles. The number of rotatable bonds is 6. The molecule has 0 amide bonds. The Morgan fingerprint density at radius 1 is 1.03 bits per heavy atom. The Morgan fingerprint density at radius 2 is 1.85 bits per heavy atom. The fourth-order valence-electron chi connectivity index (χ4n) is 4.20. The molecular formula is C24H28N6O3. The van der Waals surface area contributed by atoms with Gasteiger partial charge in [-0.05, 0) is 42.3 Å².